The minimum Gasteiger partial charge on any atom is -0.507 e. The Morgan fingerprint density at radius 3 is 2.15 bits per heavy atom. The standard InChI is InChI=1S/C27H38N2O4/c1-9-33-22-12-10-19(16-23(22)32-8)17-28-29-24(30)13-11-18-14-20(26(2,3)4)25(31)21(15-18)27(5,6)7/h10,12,14-17,31H,9,11,13H2,1-8H3,(H,29,30)/b28-17-. The van der Waals surface area contributed by atoms with Crippen molar-refractivity contribution in [3.63, 3.8) is 0 Å². The number of nitrogens with zero attached hydrogens (tertiary/aromatic N) is 1. The van der Waals surface area contributed by atoms with E-state index in [0.717, 1.165) is 22.3 Å². The molecule has 0 fully saturated rings. The van der Waals surface area contributed by atoms with Crippen molar-refractivity contribution in [1.82, 2.24) is 5.43 Å². The SMILES string of the molecule is CCOc1ccc(/C=N\NC(=O)CCc2cc(C(C)(C)C)c(O)c(C(C)(C)C)c2)cc1OC. The lowest BCUT2D eigenvalue weighted by Crippen LogP contribution is -2.20. The molecule has 0 aliphatic rings. The highest BCUT2D eigenvalue weighted by molar-refractivity contribution is 5.83. The van der Waals surface area contributed by atoms with E-state index in [9.17, 15) is 9.90 Å². The highest BCUT2D eigenvalue weighted by atomic mass is 16.5. The van der Waals surface area contributed by atoms with Gasteiger partial charge in [-0.2, -0.15) is 5.10 Å². The molecule has 0 radical (unpaired) electrons. The molecule has 2 rings (SSSR count). The van der Waals surface area contributed by atoms with Crippen molar-refractivity contribution < 1.29 is 19.4 Å². The van der Waals surface area contributed by atoms with Crippen LogP contribution in [0.1, 0.15) is 77.1 Å². The number of carbonyl (C=O) groups is 1. The van der Waals surface area contributed by atoms with E-state index >= 15 is 0 Å². The molecule has 0 saturated carbocycles. The molecule has 2 aromatic carbocycles. The number of aryl methyl sites for hydroxylation is 1. The van der Waals surface area contributed by atoms with Gasteiger partial charge in [-0.15, -0.1) is 0 Å². The van der Waals surface area contributed by atoms with E-state index in [2.05, 4.69) is 52.1 Å². The number of aromatic hydroxyl groups is 1. The number of phenols is 1. The molecule has 0 aliphatic carbocycles. The maximum absolute atomic E-state index is 12.4. The van der Waals surface area contributed by atoms with Gasteiger partial charge in [0.1, 0.15) is 5.75 Å². The van der Waals surface area contributed by atoms with E-state index in [0.29, 0.717) is 36.7 Å². The molecule has 0 atom stereocenters. The van der Waals surface area contributed by atoms with Crippen LogP contribution in [0, 0.1) is 0 Å². The number of phenolic OH excluding ortho intramolecular Hbond substituents is 1. The normalized spacial score (nSPS) is 12.1. The van der Waals surface area contributed by atoms with Crippen LogP contribution in [0.25, 0.3) is 0 Å². The van der Waals surface area contributed by atoms with Crippen molar-refractivity contribution in [3.8, 4) is 17.2 Å². The highest BCUT2D eigenvalue weighted by Crippen LogP contribution is 2.40. The third kappa shape index (κ3) is 7.24. The zero-order valence-electron chi connectivity index (χ0n) is 21.2. The Hall–Kier alpha value is -3.02. The van der Waals surface area contributed by atoms with Gasteiger partial charge in [0.05, 0.1) is 19.9 Å². The first-order valence-corrected chi connectivity index (χ1v) is 11.4. The van der Waals surface area contributed by atoms with Gasteiger partial charge in [-0.3, -0.25) is 4.79 Å². The molecule has 2 aromatic rings. The number of hydrazone groups is 1. The van der Waals surface area contributed by atoms with Gasteiger partial charge in [-0.25, -0.2) is 5.43 Å². The summed E-state index contributed by atoms with van der Waals surface area (Å²) in [6.45, 7) is 14.9. The van der Waals surface area contributed by atoms with Crippen LogP contribution in [0.15, 0.2) is 35.4 Å². The summed E-state index contributed by atoms with van der Waals surface area (Å²) in [5, 5.41) is 14.9. The van der Waals surface area contributed by atoms with Gasteiger partial charge in [0.2, 0.25) is 5.91 Å². The van der Waals surface area contributed by atoms with E-state index in [1.54, 1.807) is 19.4 Å². The summed E-state index contributed by atoms with van der Waals surface area (Å²) in [5.74, 6) is 1.45. The average molecular weight is 455 g/mol. The fourth-order valence-corrected chi connectivity index (χ4v) is 3.51. The molecule has 0 saturated heterocycles. The number of rotatable bonds is 8. The average Bonchev–Trinajstić information content (AvgIpc) is 2.72. The predicted molar refractivity (Wildman–Crippen MR) is 134 cm³/mol. The van der Waals surface area contributed by atoms with Gasteiger partial charge in [0, 0.05) is 6.42 Å². The van der Waals surface area contributed by atoms with Gasteiger partial charge >= 0.3 is 0 Å². The van der Waals surface area contributed by atoms with Crippen molar-refractivity contribution in [2.45, 2.75) is 72.1 Å². The lowest BCUT2D eigenvalue weighted by atomic mass is 9.78. The number of amides is 1. The summed E-state index contributed by atoms with van der Waals surface area (Å²) in [5.41, 5.74) is 5.79. The van der Waals surface area contributed by atoms with Gasteiger partial charge in [-0.1, -0.05) is 53.7 Å². The Balaban J connectivity index is 2.08. The van der Waals surface area contributed by atoms with E-state index in [1.165, 1.54) is 0 Å². The molecule has 0 aromatic heterocycles. The highest BCUT2D eigenvalue weighted by Gasteiger charge is 2.26. The Morgan fingerprint density at radius 2 is 1.64 bits per heavy atom. The monoisotopic (exact) mass is 454 g/mol. The second-order valence-corrected chi connectivity index (χ2v) is 10.2. The molecular weight excluding hydrogens is 416 g/mol. The first-order chi connectivity index (χ1) is 15.4. The predicted octanol–water partition coefficient (Wildman–Crippen LogP) is 5.48. The minimum atomic E-state index is -0.203. The zero-order chi connectivity index (χ0) is 24.8. The molecule has 0 spiro atoms. The topological polar surface area (TPSA) is 80.2 Å². The van der Waals surface area contributed by atoms with Crippen LogP contribution >= 0.6 is 0 Å². The van der Waals surface area contributed by atoms with E-state index in [4.69, 9.17) is 9.47 Å². The number of nitrogens with one attached hydrogen (secondary N) is 1. The fraction of sp³-hybridized carbons (Fsp3) is 0.481. The Morgan fingerprint density at radius 1 is 1.03 bits per heavy atom. The molecule has 0 heterocycles. The molecular formula is C27H38N2O4. The maximum Gasteiger partial charge on any atom is 0.240 e. The summed E-state index contributed by atoms with van der Waals surface area (Å²) in [6, 6.07) is 9.48. The van der Waals surface area contributed by atoms with Crippen molar-refractivity contribution in [2.24, 2.45) is 5.10 Å². The molecule has 0 bridgehead atoms. The van der Waals surface area contributed by atoms with Crippen LogP contribution < -0.4 is 14.9 Å². The number of methoxy groups -OCH3 is 1. The molecule has 180 valence electrons. The quantitative estimate of drug-likeness (QED) is 0.409. The van der Waals surface area contributed by atoms with Crippen LogP contribution in [0.3, 0.4) is 0 Å². The molecule has 2 N–H and O–H groups in total. The molecule has 6 heteroatoms. The lowest BCUT2D eigenvalue weighted by molar-refractivity contribution is -0.121. The minimum absolute atomic E-state index is 0.174. The Bertz CT molecular complexity index is 963. The van der Waals surface area contributed by atoms with E-state index < -0.39 is 0 Å². The van der Waals surface area contributed by atoms with Crippen LogP contribution in [-0.4, -0.2) is 30.9 Å². The van der Waals surface area contributed by atoms with Crippen LogP contribution in [0.4, 0.5) is 0 Å². The Labute approximate surface area is 198 Å². The molecule has 0 aliphatic heterocycles. The van der Waals surface area contributed by atoms with E-state index in [1.807, 2.05) is 31.2 Å². The molecule has 33 heavy (non-hydrogen) atoms. The Kier molecular flexibility index (Phi) is 8.53. The lowest BCUT2D eigenvalue weighted by Gasteiger charge is -2.28. The van der Waals surface area contributed by atoms with Crippen molar-refractivity contribution in [3.05, 3.63) is 52.6 Å². The zero-order valence-corrected chi connectivity index (χ0v) is 21.2. The van der Waals surface area contributed by atoms with Crippen LogP contribution in [0.5, 0.6) is 17.2 Å². The molecule has 0 unspecified atom stereocenters. The largest absolute Gasteiger partial charge is 0.507 e. The van der Waals surface area contributed by atoms with Crippen molar-refractivity contribution in [1.29, 1.82) is 0 Å². The summed E-state index contributed by atoms with van der Waals surface area (Å²) >= 11 is 0. The van der Waals surface area contributed by atoms with Gasteiger partial charge in [-0.05, 0) is 64.6 Å². The van der Waals surface area contributed by atoms with Crippen molar-refractivity contribution in [2.75, 3.05) is 13.7 Å². The first-order valence-electron chi connectivity index (χ1n) is 11.4. The number of benzene rings is 2. The summed E-state index contributed by atoms with van der Waals surface area (Å²) in [6.07, 6.45) is 2.43. The van der Waals surface area contributed by atoms with Crippen LogP contribution in [0.2, 0.25) is 0 Å². The third-order valence-electron chi connectivity index (χ3n) is 5.32. The first kappa shape index (κ1) is 26.2. The summed E-state index contributed by atoms with van der Waals surface area (Å²) in [7, 11) is 1.58. The van der Waals surface area contributed by atoms with Crippen molar-refractivity contribution >= 4 is 12.1 Å². The van der Waals surface area contributed by atoms with Gasteiger partial charge < -0.3 is 14.6 Å². The number of carbonyl (C=O) groups excluding carboxylic acids is 1. The fourth-order valence-electron chi connectivity index (χ4n) is 3.51. The second kappa shape index (κ2) is 10.7. The number of ether oxygens (including phenoxy) is 2. The van der Waals surface area contributed by atoms with Gasteiger partial charge in [0.15, 0.2) is 11.5 Å². The second-order valence-electron chi connectivity index (χ2n) is 10.2. The summed E-state index contributed by atoms with van der Waals surface area (Å²) < 4.78 is 10.8. The van der Waals surface area contributed by atoms with E-state index in [-0.39, 0.29) is 16.7 Å². The van der Waals surface area contributed by atoms with Crippen LogP contribution in [-0.2, 0) is 22.0 Å². The smallest absolute Gasteiger partial charge is 0.240 e. The van der Waals surface area contributed by atoms with Gasteiger partial charge in [0.25, 0.3) is 0 Å². The summed E-state index contributed by atoms with van der Waals surface area (Å²) in [4.78, 5) is 12.4. The number of hydrogen-bond acceptors (Lipinski definition) is 5. The number of hydrogen-bond donors (Lipinski definition) is 2. The third-order valence-corrected chi connectivity index (χ3v) is 5.32. The molecule has 1 amide bonds. The molecule has 6 nitrogen and oxygen atoms in total. The maximum atomic E-state index is 12.4.